The average molecular weight is 427 g/mol. The standard InChI is InChI=1S/C13H20BrIN2O/c1-18-8-7-16-5-2-6-17-10-11-9-12(15)3-4-13(11)14/h3-4,9,16-17H,2,5-8,10H2,1H3. The van der Waals surface area contributed by atoms with Gasteiger partial charge in [0.15, 0.2) is 0 Å². The highest BCUT2D eigenvalue weighted by atomic mass is 127. The minimum Gasteiger partial charge on any atom is -0.383 e. The van der Waals surface area contributed by atoms with Crippen LogP contribution in [0.1, 0.15) is 12.0 Å². The molecule has 0 atom stereocenters. The maximum atomic E-state index is 4.97. The second kappa shape index (κ2) is 10.1. The van der Waals surface area contributed by atoms with Crippen molar-refractivity contribution in [1.29, 1.82) is 0 Å². The molecule has 0 saturated heterocycles. The van der Waals surface area contributed by atoms with Gasteiger partial charge in [-0.05, 0) is 65.9 Å². The molecule has 0 aliphatic rings. The lowest BCUT2D eigenvalue weighted by Gasteiger charge is -2.08. The van der Waals surface area contributed by atoms with Crippen molar-refractivity contribution in [3.05, 3.63) is 31.8 Å². The van der Waals surface area contributed by atoms with Crippen LogP contribution in [0, 0.1) is 3.57 Å². The normalized spacial score (nSPS) is 10.8. The van der Waals surface area contributed by atoms with Crippen molar-refractivity contribution in [2.45, 2.75) is 13.0 Å². The Kier molecular flexibility index (Phi) is 9.22. The first kappa shape index (κ1) is 16.4. The van der Waals surface area contributed by atoms with Crippen LogP contribution in [0.2, 0.25) is 0 Å². The minimum absolute atomic E-state index is 0.781. The Morgan fingerprint density at radius 3 is 2.78 bits per heavy atom. The lowest BCUT2D eigenvalue weighted by atomic mass is 10.2. The van der Waals surface area contributed by atoms with Crippen LogP contribution < -0.4 is 10.6 Å². The average Bonchev–Trinajstić information content (AvgIpc) is 2.36. The Morgan fingerprint density at radius 2 is 2.00 bits per heavy atom. The molecule has 0 aromatic heterocycles. The number of nitrogens with one attached hydrogen (secondary N) is 2. The second-order valence-corrected chi connectivity index (χ2v) is 6.11. The molecule has 2 N–H and O–H groups in total. The third kappa shape index (κ3) is 7.04. The zero-order valence-corrected chi connectivity index (χ0v) is 14.4. The summed E-state index contributed by atoms with van der Waals surface area (Å²) in [6, 6.07) is 6.41. The Hall–Kier alpha value is 0.310. The van der Waals surface area contributed by atoms with Crippen LogP contribution in [-0.2, 0) is 11.3 Å². The Balaban J connectivity index is 2.09. The number of hydrogen-bond acceptors (Lipinski definition) is 3. The topological polar surface area (TPSA) is 33.3 Å². The molecular formula is C13H20BrIN2O. The Morgan fingerprint density at radius 1 is 1.22 bits per heavy atom. The summed E-state index contributed by atoms with van der Waals surface area (Å²) in [5, 5.41) is 6.79. The summed E-state index contributed by atoms with van der Waals surface area (Å²) in [5.74, 6) is 0. The second-order valence-electron chi connectivity index (χ2n) is 4.01. The molecule has 0 radical (unpaired) electrons. The highest BCUT2D eigenvalue weighted by Gasteiger charge is 1.99. The third-order valence-corrected chi connectivity index (χ3v) is 3.96. The van der Waals surface area contributed by atoms with Crippen molar-refractivity contribution >= 4 is 38.5 Å². The number of halogens is 2. The van der Waals surface area contributed by atoms with Crippen molar-refractivity contribution in [2.75, 3.05) is 33.4 Å². The van der Waals surface area contributed by atoms with Gasteiger partial charge in [-0.1, -0.05) is 15.9 Å². The minimum atomic E-state index is 0.781. The predicted molar refractivity (Wildman–Crippen MR) is 87.9 cm³/mol. The van der Waals surface area contributed by atoms with Crippen molar-refractivity contribution in [3.8, 4) is 0 Å². The fourth-order valence-electron chi connectivity index (χ4n) is 1.54. The van der Waals surface area contributed by atoms with Crippen LogP contribution in [0.25, 0.3) is 0 Å². The molecule has 0 heterocycles. The fraction of sp³-hybridized carbons (Fsp3) is 0.538. The molecule has 5 heteroatoms. The lowest BCUT2D eigenvalue weighted by molar-refractivity contribution is 0.199. The van der Waals surface area contributed by atoms with Crippen molar-refractivity contribution in [3.63, 3.8) is 0 Å². The van der Waals surface area contributed by atoms with E-state index in [1.54, 1.807) is 7.11 Å². The van der Waals surface area contributed by atoms with E-state index < -0.39 is 0 Å². The van der Waals surface area contributed by atoms with E-state index in [0.29, 0.717) is 0 Å². The molecule has 0 aliphatic carbocycles. The zero-order chi connectivity index (χ0) is 13.2. The summed E-state index contributed by atoms with van der Waals surface area (Å²) in [5.41, 5.74) is 1.31. The molecule has 1 rings (SSSR count). The molecule has 1 aromatic rings. The monoisotopic (exact) mass is 426 g/mol. The van der Waals surface area contributed by atoms with Crippen LogP contribution in [0.3, 0.4) is 0 Å². The van der Waals surface area contributed by atoms with Crippen molar-refractivity contribution in [1.82, 2.24) is 10.6 Å². The van der Waals surface area contributed by atoms with Gasteiger partial charge in [0.05, 0.1) is 6.61 Å². The predicted octanol–water partition coefficient (Wildman–Crippen LogP) is 2.77. The van der Waals surface area contributed by atoms with Gasteiger partial charge < -0.3 is 15.4 Å². The van der Waals surface area contributed by atoms with Crippen LogP contribution in [0.4, 0.5) is 0 Å². The molecule has 0 aliphatic heterocycles. The van der Waals surface area contributed by atoms with Crippen LogP contribution >= 0.6 is 38.5 Å². The summed E-state index contributed by atoms with van der Waals surface area (Å²) < 4.78 is 7.41. The van der Waals surface area contributed by atoms with E-state index in [-0.39, 0.29) is 0 Å². The molecule has 3 nitrogen and oxygen atoms in total. The van der Waals surface area contributed by atoms with E-state index in [4.69, 9.17) is 4.74 Å². The largest absolute Gasteiger partial charge is 0.383 e. The van der Waals surface area contributed by atoms with Gasteiger partial charge in [-0.15, -0.1) is 0 Å². The van der Waals surface area contributed by atoms with Gasteiger partial charge in [0.1, 0.15) is 0 Å². The Bertz CT molecular complexity index is 350. The molecule has 0 bridgehead atoms. The summed E-state index contributed by atoms with van der Waals surface area (Å²) >= 11 is 5.91. The van der Waals surface area contributed by atoms with Crippen molar-refractivity contribution in [2.24, 2.45) is 0 Å². The molecule has 18 heavy (non-hydrogen) atoms. The van der Waals surface area contributed by atoms with Crippen molar-refractivity contribution < 1.29 is 4.74 Å². The van der Waals surface area contributed by atoms with E-state index in [2.05, 4.69) is 67.4 Å². The van der Waals surface area contributed by atoms with E-state index in [1.165, 1.54) is 13.6 Å². The van der Waals surface area contributed by atoms with Crippen LogP contribution in [0.15, 0.2) is 22.7 Å². The molecule has 0 spiro atoms. The molecule has 1 aromatic carbocycles. The summed E-state index contributed by atoms with van der Waals surface area (Å²) in [4.78, 5) is 0. The van der Waals surface area contributed by atoms with Gasteiger partial charge in [-0.2, -0.15) is 0 Å². The zero-order valence-electron chi connectivity index (χ0n) is 10.6. The first-order valence-corrected chi connectivity index (χ1v) is 7.95. The summed E-state index contributed by atoms with van der Waals surface area (Å²) in [6.07, 6.45) is 1.13. The van der Waals surface area contributed by atoms with Crippen LogP contribution in [0.5, 0.6) is 0 Å². The smallest absolute Gasteiger partial charge is 0.0587 e. The van der Waals surface area contributed by atoms with Gasteiger partial charge in [0, 0.05) is 28.2 Å². The van der Waals surface area contributed by atoms with E-state index in [1.807, 2.05) is 0 Å². The number of methoxy groups -OCH3 is 1. The highest BCUT2D eigenvalue weighted by Crippen LogP contribution is 2.19. The van der Waals surface area contributed by atoms with E-state index >= 15 is 0 Å². The maximum Gasteiger partial charge on any atom is 0.0587 e. The molecule has 0 saturated carbocycles. The Labute approximate surface area is 131 Å². The van der Waals surface area contributed by atoms with E-state index in [0.717, 1.165) is 39.2 Å². The van der Waals surface area contributed by atoms with Gasteiger partial charge in [0.2, 0.25) is 0 Å². The van der Waals surface area contributed by atoms with Gasteiger partial charge in [0.25, 0.3) is 0 Å². The number of hydrogen-bond donors (Lipinski definition) is 2. The molecular weight excluding hydrogens is 407 g/mol. The highest BCUT2D eigenvalue weighted by molar-refractivity contribution is 14.1. The fourth-order valence-corrected chi connectivity index (χ4v) is 2.48. The maximum absolute atomic E-state index is 4.97. The van der Waals surface area contributed by atoms with Gasteiger partial charge in [-0.3, -0.25) is 0 Å². The van der Waals surface area contributed by atoms with E-state index in [9.17, 15) is 0 Å². The molecule has 0 unspecified atom stereocenters. The first-order valence-electron chi connectivity index (χ1n) is 6.08. The summed E-state index contributed by atoms with van der Waals surface area (Å²) in [6.45, 7) is 4.68. The first-order chi connectivity index (χ1) is 8.74. The quantitative estimate of drug-likeness (QED) is 0.470. The lowest BCUT2D eigenvalue weighted by Crippen LogP contribution is -2.24. The number of ether oxygens (including phenoxy) is 1. The third-order valence-electron chi connectivity index (χ3n) is 2.51. The number of rotatable bonds is 9. The molecule has 102 valence electrons. The van der Waals surface area contributed by atoms with Crippen LogP contribution in [-0.4, -0.2) is 33.4 Å². The SMILES string of the molecule is COCCNCCCNCc1cc(I)ccc1Br. The van der Waals surface area contributed by atoms with Gasteiger partial charge in [-0.25, -0.2) is 0 Å². The van der Waals surface area contributed by atoms with Gasteiger partial charge >= 0.3 is 0 Å². The summed E-state index contributed by atoms with van der Waals surface area (Å²) in [7, 11) is 1.72. The molecule has 0 amide bonds. The number of benzene rings is 1. The molecule has 0 fully saturated rings.